The number of anilines is 1. The van der Waals surface area contributed by atoms with Crippen LogP contribution in [0.25, 0.3) is 22.6 Å². The molecule has 0 aliphatic carbocycles. The van der Waals surface area contributed by atoms with Gasteiger partial charge in [0.05, 0.1) is 6.61 Å². The molecule has 30 heavy (non-hydrogen) atoms. The van der Waals surface area contributed by atoms with Crippen molar-refractivity contribution in [3.8, 4) is 11.4 Å². The van der Waals surface area contributed by atoms with Crippen LogP contribution < -0.4 is 16.2 Å². The second-order valence-electron chi connectivity index (χ2n) is 6.80. The summed E-state index contributed by atoms with van der Waals surface area (Å²) in [7, 11) is -4.56. The number of aromatic amines is 1. The van der Waals surface area contributed by atoms with E-state index in [4.69, 9.17) is 26.6 Å². The van der Waals surface area contributed by atoms with Crippen molar-refractivity contribution >= 4 is 36.5 Å². The monoisotopic (exact) mass is 455 g/mol. The van der Waals surface area contributed by atoms with Crippen LogP contribution in [-0.2, 0) is 18.3 Å². The molecule has 2 aromatic heterocycles. The first-order valence-corrected chi connectivity index (χ1v) is 10.6. The standard InChI is InChI=1S/C16H15ClN5O7P/c17-7-3-1-6(2-4-7)12-19-9-13(20-16(18)21-14(9)24)22(12)15-10(23)11-8(28-15)5-27-30(25,26)29-11/h1-4,8,10-11,15,23H,5H2,(H,25,26)(H3,18,20,21,24)/t8?,10?,11-,15-/m1/s1. The maximum Gasteiger partial charge on any atom is 1.00 e. The molecule has 14 heteroatoms. The average molecular weight is 456 g/mol. The van der Waals surface area contributed by atoms with Crippen LogP contribution in [0.3, 0.4) is 0 Å². The Labute approximate surface area is 174 Å². The van der Waals surface area contributed by atoms with E-state index in [0.29, 0.717) is 10.6 Å². The topological polar surface area (TPSA) is 178 Å². The Hall–Kier alpha value is -2.31. The van der Waals surface area contributed by atoms with Gasteiger partial charge in [-0.3, -0.25) is 18.9 Å². The minimum atomic E-state index is -4.56. The third-order valence-corrected chi connectivity index (χ3v) is 6.10. The average Bonchev–Trinajstić information content (AvgIpc) is 3.20. The van der Waals surface area contributed by atoms with Crippen molar-refractivity contribution in [2.75, 3.05) is 12.3 Å². The van der Waals surface area contributed by atoms with Crippen molar-refractivity contribution in [1.82, 2.24) is 19.5 Å². The SMILES string of the molecule is Nc1nc2c(nc(-c3ccc(Cl)cc3)n2[C@@H]2OC3COP(=O)([O-])O[C@H]3C2O)c(=O)[nH]1.[H+]. The van der Waals surface area contributed by atoms with E-state index >= 15 is 0 Å². The highest BCUT2D eigenvalue weighted by Gasteiger charge is 2.51. The second-order valence-corrected chi connectivity index (χ2v) is 8.60. The van der Waals surface area contributed by atoms with Crippen LogP contribution in [-0.4, -0.2) is 49.5 Å². The first-order valence-electron chi connectivity index (χ1n) is 8.75. The van der Waals surface area contributed by atoms with E-state index in [0.717, 1.165) is 0 Å². The number of imidazole rings is 1. The highest BCUT2D eigenvalue weighted by Crippen LogP contribution is 2.50. The third kappa shape index (κ3) is 3.13. The molecule has 0 radical (unpaired) electrons. The quantitative estimate of drug-likeness (QED) is 0.454. The Bertz CT molecular complexity index is 1250. The van der Waals surface area contributed by atoms with Gasteiger partial charge >= 0.3 is 1.43 Å². The van der Waals surface area contributed by atoms with Gasteiger partial charge in [-0.1, -0.05) is 11.6 Å². The molecule has 158 valence electrons. The number of aliphatic hydroxyl groups is 1. The summed E-state index contributed by atoms with van der Waals surface area (Å²) in [5.74, 6) is 0.0732. The summed E-state index contributed by atoms with van der Waals surface area (Å²) in [6.45, 7) is -0.321. The molecule has 4 N–H and O–H groups in total. The molecule has 0 amide bonds. The van der Waals surface area contributed by atoms with Gasteiger partial charge in [0.15, 0.2) is 17.4 Å². The van der Waals surface area contributed by atoms with Gasteiger partial charge in [0.25, 0.3) is 13.4 Å². The molecule has 5 atom stereocenters. The first kappa shape index (κ1) is 19.6. The summed E-state index contributed by atoms with van der Waals surface area (Å²) < 4.78 is 28.4. The van der Waals surface area contributed by atoms with Crippen molar-refractivity contribution in [3.63, 3.8) is 0 Å². The zero-order chi connectivity index (χ0) is 21.2. The maximum absolute atomic E-state index is 12.4. The Balaban J connectivity index is 0.00000231. The number of nitrogens with zero attached hydrogens (tertiary/aromatic N) is 3. The molecular weight excluding hydrogens is 441 g/mol. The lowest BCUT2D eigenvalue weighted by atomic mass is 10.1. The van der Waals surface area contributed by atoms with Gasteiger partial charge in [-0.2, -0.15) is 4.98 Å². The fraction of sp³-hybridized carbons (Fsp3) is 0.312. The lowest BCUT2D eigenvalue weighted by Crippen LogP contribution is -2.41. The predicted molar refractivity (Wildman–Crippen MR) is 102 cm³/mol. The van der Waals surface area contributed by atoms with Crippen molar-refractivity contribution in [3.05, 3.63) is 39.6 Å². The molecule has 0 saturated carbocycles. The normalized spacial score (nSPS) is 31.2. The smallest absolute Gasteiger partial charge is 0.756 e. The van der Waals surface area contributed by atoms with Crippen LogP contribution in [0.1, 0.15) is 7.65 Å². The molecule has 1 aromatic carbocycles. The number of hydrogen-bond donors (Lipinski definition) is 3. The second kappa shape index (κ2) is 6.86. The van der Waals surface area contributed by atoms with Crippen molar-refractivity contribution in [2.45, 2.75) is 24.5 Å². The number of aromatic nitrogens is 4. The van der Waals surface area contributed by atoms with Gasteiger partial charge in [-0.25, -0.2) is 4.98 Å². The summed E-state index contributed by atoms with van der Waals surface area (Å²) in [6, 6.07) is 6.58. The Morgan fingerprint density at radius 3 is 2.83 bits per heavy atom. The van der Waals surface area contributed by atoms with Crippen LogP contribution >= 0.6 is 19.4 Å². The molecule has 5 rings (SSSR count). The minimum absolute atomic E-state index is 0. The predicted octanol–water partition coefficient (Wildman–Crippen LogP) is 0.277. The summed E-state index contributed by atoms with van der Waals surface area (Å²) >= 11 is 5.96. The largest absolute Gasteiger partial charge is 1.00 e. The number of H-pyrrole nitrogens is 1. The van der Waals surface area contributed by atoms with E-state index in [9.17, 15) is 19.4 Å². The lowest BCUT2D eigenvalue weighted by molar-refractivity contribution is -0.245. The number of ether oxygens (including phenoxy) is 1. The zero-order valence-electron chi connectivity index (χ0n) is 16.0. The molecule has 2 aliphatic heterocycles. The maximum atomic E-state index is 12.4. The van der Waals surface area contributed by atoms with Gasteiger partial charge in [0.2, 0.25) is 5.95 Å². The third-order valence-electron chi connectivity index (χ3n) is 4.88. The van der Waals surface area contributed by atoms with E-state index in [2.05, 4.69) is 19.5 Å². The number of aliphatic hydroxyl groups excluding tert-OH is 1. The molecule has 3 unspecified atom stereocenters. The number of nitrogens with one attached hydrogen (secondary N) is 1. The van der Waals surface area contributed by atoms with E-state index in [1.54, 1.807) is 24.3 Å². The van der Waals surface area contributed by atoms with Crippen LogP contribution in [0.2, 0.25) is 5.02 Å². The lowest BCUT2D eigenvalue weighted by Gasteiger charge is -2.34. The highest BCUT2D eigenvalue weighted by molar-refractivity contribution is 7.45. The molecule has 2 saturated heterocycles. The molecule has 0 bridgehead atoms. The molecule has 2 aliphatic rings. The highest BCUT2D eigenvalue weighted by atomic mass is 35.5. The van der Waals surface area contributed by atoms with Gasteiger partial charge in [-0.15, -0.1) is 0 Å². The first-order chi connectivity index (χ1) is 14.2. The Morgan fingerprint density at radius 1 is 1.37 bits per heavy atom. The van der Waals surface area contributed by atoms with Crippen molar-refractivity contribution in [1.29, 1.82) is 0 Å². The fourth-order valence-corrected chi connectivity index (χ4v) is 4.66. The number of fused-ring (bicyclic) bond motifs is 2. The van der Waals surface area contributed by atoms with E-state index in [1.165, 1.54) is 4.57 Å². The number of halogens is 1. The molecule has 12 nitrogen and oxygen atoms in total. The molecule has 3 aromatic rings. The number of nitrogens with two attached hydrogens (primary N) is 1. The van der Waals surface area contributed by atoms with Crippen LogP contribution in [0.4, 0.5) is 5.95 Å². The summed E-state index contributed by atoms with van der Waals surface area (Å²) in [6.07, 6.45) is -4.66. The number of nitrogen functional groups attached to an aromatic ring is 1. The number of rotatable bonds is 2. The summed E-state index contributed by atoms with van der Waals surface area (Å²) in [5.41, 5.74) is 5.68. The molecule has 0 spiro atoms. The van der Waals surface area contributed by atoms with E-state index in [1.807, 2.05) is 0 Å². The van der Waals surface area contributed by atoms with Crippen LogP contribution in [0.5, 0.6) is 0 Å². The van der Waals surface area contributed by atoms with Crippen molar-refractivity contribution in [2.24, 2.45) is 0 Å². The number of phosphoric acid groups is 1. The number of phosphoric ester groups is 1. The van der Waals surface area contributed by atoms with E-state index in [-0.39, 0.29) is 31.0 Å². The van der Waals surface area contributed by atoms with Gasteiger partial charge in [-0.05, 0) is 24.3 Å². The van der Waals surface area contributed by atoms with E-state index < -0.39 is 37.9 Å². The number of hydrogen-bond acceptors (Lipinski definition) is 10. The Kier molecular flexibility index (Phi) is 4.49. The van der Waals surface area contributed by atoms with Gasteiger partial charge < -0.3 is 29.5 Å². The van der Waals surface area contributed by atoms with Crippen LogP contribution in [0.15, 0.2) is 29.1 Å². The van der Waals surface area contributed by atoms with Gasteiger partial charge in [0.1, 0.15) is 24.1 Å². The minimum Gasteiger partial charge on any atom is -0.756 e. The molecule has 2 fully saturated rings. The fourth-order valence-electron chi connectivity index (χ4n) is 3.59. The summed E-state index contributed by atoms with van der Waals surface area (Å²) in [5, 5.41) is 11.3. The van der Waals surface area contributed by atoms with Gasteiger partial charge in [0, 0.05) is 10.6 Å². The molecular formula is C16H15ClN5O7P. The summed E-state index contributed by atoms with van der Waals surface area (Å²) in [4.78, 5) is 34.9. The van der Waals surface area contributed by atoms with Crippen molar-refractivity contribution < 1.29 is 29.8 Å². The van der Waals surface area contributed by atoms with Crippen LogP contribution in [0, 0.1) is 0 Å². The Morgan fingerprint density at radius 2 is 2.10 bits per heavy atom. The zero-order valence-corrected chi connectivity index (χ0v) is 16.6. The number of benzene rings is 1. The molecule has 4 heterocycles.